The first kappa shape index (κ1) is 18.5. The molecule has 0 saturated heterocycles. The normalized spacial score (nSPS) is 27.8. The number of nitriles is 1. The molecule has 0 aliphatic heterocycles. The van der Waals surface area contributed by atoms with Crippen molar-refractivity contribution in [2.24, 2.45) is 0 Å². The second-order valence-corrected chi connectivity index (χ2v) is 7.09. The van der Waals surface area contributed by atoms with Gasteiger partial charge in [0.1, 0.15) is 5.54 Å². The minimum absolute atomic E-state index is 0.311. The summed E-state index contributed by atoms with van der Waals surface area (Å²) in [6.45, 7) is 12.3. The Bertz CT molecular complexity index is 334. The van der Waals surface area contributed by atoms with Gasteiger partial charge in [0.15, 0.2) is 0 Å². The highest BCUT2D eigenvalue weighted by Crippen LogP contribution is 2.32. The van der Waals surface area contributed by atoms with E-state index in [1.54, 1.807) is 0 Å². The van der Waals surface area contributed by atoms with Crippen LogP contribution in [0.15, 0.2) is 0 Å². The summed E-state index contributed by atoms with van der Waals surface area (Å²) < 4.78 is 0. The average molecular weight is 293 g/mol. The highest BCUT2D eigenvalue weighted by atomic mass is 15.2. The molecule has 3 unspecified atom stereocenters. The fourth-order valence-electron chi connectivity index (χ4n) is 3.68. The van der Waals surface area contributed by atoms with Crippen molar-refractivity contribution in [2.45, 2.75) is 103 Å². The van der Waals surface area contributed by atoms with E-state index in [4.69, 9.17) is 0 Å². The molecule has 0 spiro atoms. The Hall–Kier alpha value is -0.590. The van der Waals surface area contributed by atoms with Crippen LogP contribution < -0.4 is 5.32 Å². The third-order valence-corrected chi connectivity index (χ3v) is 4.90. The number of rotatable bonds is 8. The summed E-state index contributed by atoms with van der Waals surface area (Å²) in [5, 5.41) is 13.3. The number of unbranched alkanes of at least 4 members (excludes halogenated alkanes) is 1. The van der Waals surface area contributed by atoms with E-state index in [0.29, 0.717) is 18.1 Å². The summed E-state index contributed by atoms with van der Waals surface area (Å²) in [6.07, 6.45) is 8.09. The highest BCUT2D eigenvalue weighted by molar-refractivity contribution is 5.12. The van der Waals surface area contributed by atoms with Crippen LogP contribution in [0.3, 0.4) is 0 Å². The van der Waals surface area contributed by atoms with Gasteiger partial charge >= 0.3 is 0 Å². The monoisotopic (exact) mass is 293 g/mol. The topological polar surface area (TPSA) is 39.1 Å². The second-order valence-electron chi connectivity index (χ2n) is 7.09. The predicted octanol–water partition coefficient (Wildman–Crippen LogP) is 4.09. The third-order valence-electron chi connectivity index (χ3n) is 4.90. The smallest absolute Gasteiger partial charge is 0.108 e. The zero-order valence-corrected chi connectivity index (χ0v) is 14.8. The fourth-order valence-corrected chi connectivity index (χ4v) is 3.68. The lowest BCUT2D eigenvalue weighted by Crippen LogP contribution is -2.56. The van der Waals surface area contributed by atoms with Crippen molar-refractivity contribution in [3.63, 3.8) is 0 Å². The second kappa shape index (κ2) is 8.76. The maximum atomic E-state index is 9.73. The molecule has 1 aliphatic carbocycles. The van der Waals surface area contributed by atoms with Crippen molar-refractivity contribution in [3.8, 4) is 6.07 Å². The minimum Gasteiger partial charge on any atom is -0.298 e. The molecule has 0 bridgehead atoms. The van der Waals surface area contributed by atoms with Crippen LogP contribution in [0.2, 0.25) is 0 Å². The number of hydrogen-bond donors (Lipinski definition) is 1. The Morgan fingerprint density at radius 3 is 2.57 bits per heavy atom. The Kier molecular flexibility index (Phi) is 7.70. The molecule has 0 aromatic heterocycles. The molecule has 0 amide bonds. The van der Waals surface area contributed by atoms with E-state index >= 15 is 0 Å². The zero-order valence-electron chi connectivity index (χ0n) is 14.8. The van der Waals surface area contributed by atoms with Gasteiger partial charge in [0.2, 0.25) is 0 Å². The van der Waals surface area contributed by atoms with Crippen molar-refractivity contribution in [1.82, 2.24) is 10.2 Å². The van der Waals surface area contributed by atoms with Crippen LogP contribution in [0.25, 0.3) is 0 Å². The van der Waals surface area contributed by atoms with Crippen molar-refractivity contribution in [3.05, 3.63) is 0 Å². The molecule has 1 N–H and O–H groups in total. The van der Waals surface area contributed by atoms with Gasteiger partial charge in [-0.1, -0.05) is 20.3 Å². The Balaban J connectivity index is 2.81. The lowest BCUT2D eigenvalue weighted by atomic mass is 9.78. The van der Waals surface area contributed by atoms with Crippen molar-refractivity contribution in [1.29, 1.82) is 5.26 Å². The zero-order chi connectivity index (χ0) is 15.9. The number of nitrogens with one attached hydrogen (secondary N) is 1. The van der Waals surface area contributed by atoms with E-state index in [9.17, 15) is 5.26 Å². The highest BCUT2D eigenvalue weighted by Gasteiger charge is 2.39. The van der Waals surface area contributed by atoms with Crippen LogP contribution >= 0.6 is 0 Å². The van der Waals surface area contributed by atoms with Gasteiger partial charge in [0.05, 0.1) is 6.07 Å². The molecule has 0 radical (unpaired) electrons. The van der Waals surface area contributed by atoms with E-state index in [1.165, 1.54) is 32.2 Å². The maximum Gasteiger partial charge on any atom is 0.108 e. The van der Waals surface area contributed by atoms with E-state index in [-0.39, 0.29) is 5.54 Å². The Morgan fingerprint density at radius 1 is 1.33 bits per heavy atom. The van der Waals surface area contributed by atoms with Gasteiger partial charge < -0.3 is 0 Å². The number of nitrogens with zero attached hydrogens (tertiary/aromatic N) is 2. The van der Waals surface area contributed by atoms with Gasteiger partial charge in [0.25, 0.3) is 0 Å². The molecular weight excluding hydrogens is 258 g/mol. The summed E-state index contributed by atoms with van der Waals surface area (Å²) in [5.74, 6) is 0. The first-order chi connectivity index (χ1) is 9.98. The van der Waals surface area contributed by atoms with Gasteiger partial charge in [-0.2, -0.15) is 5.26 Å². The molecule has 21 heavy (non-hydrogen) atoms. The maximum absolute atomic E-state index is 9.73. The molecule has 0 aromatic carbocycles. The van der Waals surface area contributed by atoms with Crippen LogP contribution in [-0.4, -0.2) is 35.1 Å². The number of hydrogen-bond acceptors (Lipinski definition) is 3. The van der Waals surface area contributed by atoms with Crippen molar-refractivity contribution >= 4 is 0 Å². The van der Waals surface area contributed by atoms with Gasteiger partial charge in [-0.3, -0.25) is 10.2 Å². The summed E-state index contributed by atoms with van der Waals surface area (Å²) in [6, 6.07) is 4.16. The molecule has 1 fully saturated rings. The van der Waals surface area contributed by atoms with Crippen LogP contribution in [-0.2, 0) is 0 Å². The lowest BCUT2D eigenvalue weighted by Gasteiger charge is -2.44. The van der Waals surface area contributed by atoms with E-state index in [2.05, 4.69) is 50.9 Å². The van der Waals surface area contributed by atoms with E-state index in [1.807, 2.05) is 0 Å². The standard InChI is InChI=1S/C18H35N3/c1-6-8-12-21(16(5)7-2)17-10-9-11-18(13-17,14-19)20-15(3)4/h15-17,20H,6-13H2,1-5H3. The van der Waals surface area contributed by atoms with E-state index < -0.39 is 0 Å². The molecule has 3 nitrogen and oxygen atoms in total. The van der Waals surface area contributed by atoms with Crippen molar-refractivity contribution in [2.75, 3.05) is 6.54 Å². The average Bonchev–Trinajstić information content (AvgIpc) is 2.47. The Morgan fingerprint density at radius 2 is 2.05 bits per heavy atom. The van der Waals surface area contributed by atoms with Crippen LogP contribution in [0.5, 0.6) is 0 Å². The van der Waals surface area contributed by atoms with Gasteiger partial charge in [0, 0.05) is 18.1 Å². The fraction of sp³-hybridized carbons (Fsp3) is 0.944. The molecule has 122 valence electrons. The summed E-state index contributed by atoms with van der Waals surface area (Å²) in [5.41, 5.74) is -0.311. The quantitative estimate of drug-likeness (QED) is 0.732. The molecule has 1 saturated carbocycles. The van der Waals surface area contributed by atoms with Crippen LogP contribution in [0, 0.1) is 11.3 Å². The molecule has 1 rings (SSSR count). The largest absolute Gasteiger partial charge is 0.298 e. The van der Waals surface area contributed by atoms with Gasteiger partial charge in [-0.25, -0.2) is 0 Å². The van der Waals surface area contributed by atoms with Crippen LogP contribution in [0.1, 0.15) is 79.6 Å². The molecule has 1 aliphatic rings. The first-order valence-corrected chi connectivity index (χ1v) is 8.92. The molecule has 3 heteroatoms. The van der Waals surface area contributed by atoms with Crippen molar-refractivity contribution < 1.29 is 0 Å². The summed E-state index contributed by atoms with van der Waals surface area (Å²) in [4.78, 5) is 2.68. The Labute approximate surface area is 132 Å². The van der Waals surface area contributed by atoms with Gasteiger partial charge in [-0.05, 0) is 65.8 Å². The lowest BCUT2D eigenvalue weighted by molar-refractivity contribution is 0.0800. The molecular formula is C18H35N3. The third kappa shape index (κ3) is 5.27. The summed E-state index contributed by atoms with van der Waals surface area (Å²) >= 11 is 0. The summed E-state index contributed by atoms with van der Waals surface area (Å²) in [7, 11) is 0. The molecule has 0 aromatic rings. The first-order valence-electron chi connectivity index (χ1n) is 8.92. The predicted molar refractivity (Wildman–Crippen MR) is 90.2 cm³/mol. The minimum atomic E-state index is -0.311. The van der Waals surface area contributed by atoms with E-state index in [0.717, 1.165) is 19.3 Å². The molecule has 3 atom stereocenters. The van der Waals surface area contributed by atoms with Crippen LogP contribution in [0.4, 0.5) is 0 Å². The SMILES string of the molecule is CCCCN(C(C)CC)C1CCCC(C#N)(NC(C)C)C1. The van der Waals surface area contributed by atoms with Gasteiger partial charge in [-0.15, -0.1) is 0 Å². The molecule has 0 heterocycles.